The minimum Gasteiger partial charge on any atom is -0.393 e. The molecule has 0 radical (unpaired) electrons. The maximum atomic E-state index is 13.7. The molecule has 1 aliphatic rings. The predicted octanol–water partition coefficient (Wildman–Crippen LogP) is 4.56. The summed E-state index contributed by atoms with van der Waals surface area (Å²) in [5.74, 6) is -0.153. The topological polar surface area (TPSA) is 127 Å². The van der Waals surface area contributed by atoms with Crippen LogP contribution in [0.2, 0.25) is 0 Å². The lowest BCUT2D eigenvalue weighted by atomic mass is 9.71. The van der Waals surface area contributed by atoms with Crippen molar-refractivity contribution in [3.63, 3.8) is 0 Å². The van der Waals surface area contributed by atoms with E-state index in [1.165, 1.54) is 10.9 Å². The van der Waals surface area contributed by atoms with Gasteiger partial charge in [-0.05, 0) is 55.2 Å². The van der Waals surface area contributed by atoms with Gasteiger partial charge in [0.1, 0.15) is 5.69 Å². The fourth-order valence-corrected chi connectivity index (χ4v) is 5.68. The first-order chi connectivity index (χ1) is 18.7. The summed E-state index contributed by atoms with van der Waals surface area (Å²) >= 11 is 0. The Bertz CT molecular complexity index is 1500. The van der Waals surface area contributed by atoms with E-state index in [0.29, 0.717) is 22.7 Å². The van der Waals surface area contributed by atoms with Gasteiger partial charge in [-0.1, -0.05) is 27.2 Å². The summed E-state index contributed by atoms with van der Waals surface area (Å²) in [5.41, 5.74) is 2.20. The van der Waals surface area contributed by atoms with Crippen molar-refractivity contribution >= 4 is 23.0 Å². The van der Waals surface area contributed by atoms with E-state index in [9.17, 15) is 14.7 Å². The van der Waals surface area contributed by atoms with Crippen LogP contribution in [0, 0.1) is 17.3 Å². The zero-order chi connectivity index (χ0) is 27.7. The van der Waals surface area contributed by atoms with E-state index < -0.39 is 5.91 Å². The van der Waals surface area contributed by atoms with Gasteiger partial charge < -0.3 is 10.4 Å². The predicted molar refractivity (Wildman–Crippen MR) is 147 cm³/mol. The molecule has 4 aromatic heterocycles. The van der Waals surface area contributed by atoms with E-state index in [-0.39, 0.29) is 34.8 Å². The van der Waals surface area contributed by atoms with Crippen molar-refractivity contribution in [2.45, 2.75) is 59.0 Å². The monoisotopic (exact) mass is 529 g/mol. The molecule has 0 aromatic carbocycles. The highest BCUT2D eigenvalue weighted by Crippen LogP contribution is 2.43. The number of hydrogen-bond donors (Lipinski definition) is 2. The van der Waals surface area contributed by atoms with Crippen molar-refractivity contribution in [1.29, 1.82) is 0 Å². The summed E-state index contributed by atoms with van der Waals surface area (Å²) in [5, 5.41) is 22.3. The zero-order valence-electron chi connectivity index (χ0n) is 22.8. The third-order valence-corrected chi connectivity index (χ3v) is 8.45. The van der Waals surface area contributed by atoms with Crippen LogP contribution in [0.5, 0.6) is 0 Å². The first kappa shape index (κ1) is 26.7. The highest BCUT2D eigenvalue weighted by Gasteiger charge is 2.40. The van der Waals surface area contributed by atoms with Gasteiger partial charge in [0.25, 0.3) is 5.91 Å². The van der Waals surface area contributed by atoms with Crippen molar-refractivity contribution in [1.82, 2.24) is 29.4 Å². The summed E-state index contributed by atoms with van der Waals surface area (Å²) in [6, 6.07) is 7.16. The maximum absolute atomic E-state index is 13.7. The molecule has 2 N–H and O–H groups in total. The standard InChI is InChI=1S/C29H35N7O3/c1-5-29(3)15-19(8-6-10-23(29)37)18(2)26(38)22-17-31-35(4)25(22)28(39)32-21-11-13-36-24(14-21)33-27(34-36)20-9-7-12-30-16-20/h7,9,11-14,16-19,23,37H,5-6,8,10,15H2,1-4H3,(H,32,39)/t18?,19?,23-,29?/m0/s1. The molecule has 4 atom stereocenters. The molecule has 0 spiro atoms. The number of pyridine rings is 2. The average molecular weight is 530 g/mol. The maximum Gasteiger partial charge on any atom is 0.274 e. The molecule has 1 saturated carbocycles. The van der Waals surface area contributed by atoms with E-state index in [0.717, 1.165) is 37.7 Å². The highest BCUT2D eigenvalue weighted by molar-refractivity contribution is 6.12. The van der Waals surface area contributed by atoms with E-state index in [2.05, 4.69) is 39.3 Å². The normalized spacial score (nSPS) is 22.4. The van der Waals surface area contributed by atoms with Crippen molar-refractivity contribution in [2.24, 2.45) is 24.3 Å². The second-order valence-corrected chi connectivity index (χ2v) is 11.0. The molecule has 0 aliphatic heterocycles. The van der Waals surface area contributed by atoms with Gasteiger partial charge in [-0.15, -0.1) is 5.10 Å². The van der Waals surface area contributed by atoms with Crippen LogP contribution in [-0.4, -0.2) is 52.3 Å². The summed E-state index contributed by atoms with van der Waals surface area (Å²) < 4.78 is 3.07. The average Bonchev–Trinajstić information content (AvgIpc) is 3.51. The lowest BCUT2D eigenvalue weighted by Gasteiger charge is -2.35. The molecule has 5 rings (SSSR count). The second kappa shape index (κ2) is 10.7. The summed E-state index contributed by atoms with van der Waals surface area (Å²) in [6.07, 6.45) is 10.4. The molecule has 0 saturated heterocycles. The fourth-order valence-electron chi connectivity index (χ4n) is 5.68. The Morgan fingerprint density at radius 1 is 1.26 bits per heavy atom. The molecular weight excluding hydrogens is 494 g/mol. The SMILES string of the molecule is CCC1(C)CC(C(C)C(=O)c2cnn(C)c2C(=O)Nc2ccn3nc(-c4cccnc4)nc3c2)CCC[C@@H]1O. The third-order valence-electron chi connectivity index (χ3n) is 8.45. The van der Waals surface area contributed by atoms with Crippen LogP contribution in [-0.2, 0) is 7.05 Å². The molecular formula is C29H35N7O3. The van der Waals surface area contributed by atoms with E-state index in [4.69, 9.17) is 0 Å². The molecule has 1 aliphatic carbocycles. The number of Topliss-reactive ketones (excluding diaryl/α,β-unsaturated/α-hetero) is 1. The molecule has 0 bridgehead atoms. The van der Waals surface area contributed by atoms with Crippen molar-refractivity contribution in [3.05, 3.63) is 60.3 Å². The van der Waals surface area contributed by atoms with Crippen molar-refractivity contribution in [3.8, 4) is 11.4 Å². The second-order valence-electron chi connectivity index (χ2n) is 11.0. The largest absolute Gasteiger partial charge is 0.393 e. The fraction of sp³-hybridized carbons (Fsp3) is 0.448. The number of nitrogens with zero attached hydrogens (tertiary/aromatic N) is 6. The lowest BCUT2D eigenvalue weighted by molar-refractivity contribution is 0.0181. The van der Waals surface area contributed by atoms with Gasteiger partial charge in [-0.25, -0.2) is 9.50 Å². The number of aryl methyl sites for hydroxylation is 1. The summed E-state index contributed by atoms with van der Waals surface area (Å²) in [6.45, 7) is 6.15. The number of aliphatic hydroxyl groups is 1. The van der Waals surface area contributed by atoms with Crippen LogP contribution in [0.3, 0.4) is 0 Å². The molecule has 204 valence electrons. The van der Waals surface area contributed by atoms with E-state index in [1.54, 1.807) is 42.3 Å². The Hall–Kier alpha value is -3.92. The molecule has 10 heteroatoms. The molecule has 1 amide bonds. The van der Waals surface area contributed by atoms with Crippen molar-refractivity contribution in [2.75, 3.05) is 5.32 Å². The minimum atomic E-state index is -0.420. The molecule has 39 heavy (non-hydrogen) atoms. The quantitative estimate of drug-likeness (QED) is 0.265. The number of anilines is 1. The molecule has 3 unspecified atom stereocenters. The van der Waals surface area contributed by atoms with Gasteiger partial charge in [0, 0.05) is 48.9 Å². The number of nitrogens with one attached hydrogen (secondary N) is 1. The van der Waals surface area contributed by atoms with Gasteiger partial charge in [-0.3, -0.25) is 19.3 Å². The summed E-state index contributed by atoms with van der Waals surface area (Å²) in [4.78, 5) is 35.8. The molecule has 4 aromatic rings. The molecule has 1 fully saturated rings. The Kier molecular flexibility index (Phi) is 7.31. The number of ketones is 1. The van der Waals surface area contributed by atoms with Crippen LogP contribution >= 0.6 is 0 Å². The highest BCUT2D eigenvalue weighted by atomic mass is 16.3. The first-order valence-corrected chi connectivity index (χ1v) is 13.5. The Labute approximate surface area is 227 Å². The Balaban J connectivity index is 1.36. The minimum absolute atomic E-state index is 0.0953. The molecule has 10 nitrogen and oxygen atoms in total. The van der Waals surface area contributed by atoms with Gasteiger partial charge >= 0.3 is 0 Å². The zero-order valence-corrected chi connectivity index (χ0v) is 22.8. The van der Waals surface area contributed by atoms with Crippen LogP contribution < -0.4 is 5.32 Å². The number of rotatable bonds is 7. The van der Waals surface area contributed by atoms with Gasteiger partial charge in [0.2, 0.25) is 0 Å². The lowest BCUT2D eigenvalue weighted by Crippen LogP contribution is -2.34. The van der Waals surface area contributed by atoms with Gasteiger partial charge in [0.15, 0.2) is 17.3 Å². The number of aromatic nitrogens is 6. The van der Waals surface area contributed by atoms with Crippen LogP contribution in [0.1, 0.15) is 73.7 Å². The van der Waals surface area contributed by atoms with E-state index >= 15 is 0 Å². The molecule has 4 heterocycles. The number of fused-ring (bicyclic) bond motifs is 1. The number of amides is 1. The summed E-state index contributed by atoms with van der Waals surface area (Å²) in [7, 11) is 1.66. The number of hydrogen-bond acceptors (Lipinski definition) is 7. The smallest absolute Gasteiger partial charge is 0.274 e. The number of carbonyl (C=O) groups excluding carboxylic acids is 2. The van der Waals surface area contributed by atoms with Crippen molar-refractivity contribution < 1.29 is 14.7 Å². The Morgan fingerprint density at radius 2 is 2.08 bits per heavy atom. The Morgan fingerprint density at radius 3 is 2.82 bits per heavy atom. The van der Waals surface area contributed by atoms with E-state index in [1.807, 2.05) is 19.1 Å². The first-order valence-electron chi connectivity index (χ1n) is 13.5. The van der Waals surface area contributed by atoms with Gasteiger partial charge in [-0.2, -0.15) is 5.10 Å². The van der Waals surface area contributed by atoms with Crippen LogP contribution in [0.4, 0.5) is 5.69 Å². The van der Waals surface area contributed by atoms with Gasteiger partial charge in [0.05, 0.1) is 17.9 Å². The van der Waals surface area contributed by atoms with Crippen LogP contribution in [0.25, 0.3) is 17.0 Å². The number of aliphatic hydroxyl groups excluding tert-OH is 1. The third kappa shape index (κ3) is 5.21. The van der Waals surface area contributed by atoms with Crippen LogP contribution in [0.15, 0.2) is 49.1 Å². The number of carbonyl (C=O) groups is 2.